The fourth-order valence-electron chi connectivity index (χ4n) is 5.65. The van der Waals surface area contributed by atoms with Gasteiger partial charge < -0.3 is 33.9 Å². The van der Waals surface area contributed by atoms with Gasteiger partial charge in [0.2, 0.25) is 0 Å². The van der Waals surface area contributed by atoms with Gasteiger partial charge in [0.25, 0.3) is 0 Å². The van der Waals surface area contributed by atoms with Gasteiger partial charge in [-0.2, -0.15) is 0 Å². The molecule has 2 aliphatic rings. The van der Waals surface area contributed by atoms with E-state index >= 15 is 0 Å². The SMILES string of the molecule is CC[C@H](OC)[C@@H](C)[C@H]1O[C@@H]1[C@H](OC)[C@H](C)/C=C/C=C(\C)[C@H]1OC(=O)C[C@H](O)CC[C@@](C)(O)[C@@H](OC(C)=O)/C=C/[C@@H]1C. The number of cyclic esters (lactones) is 1. The van der Waals surface area contributed by atoms with E-state index in [0.29, 0.717) is 0 Å². The third-order valence-corrected chi connectivity index (χ3v) is 8.33. The Hall–Kier alpha value is -2.04. The highest BCUT2D eigenvalue weighted by Crippen LogP contribution is 2.38. The number of esters is 2. The lowest BCUT2D eigenvalue weighted by molar-refractivity contribution is -0.157. The fraction of sp³-hybridized carbons (Fsp3) is 0.750. The second-order valence-corrected chi connectivity index (χ2v) is 11.9. The number of carbonyl (C=O) groups is 2. The molecule has 0 unspecified atom stereocenters. The van der Waals surface area contributed by atoms with Crippen LogP contribution in [0, 0.1) is 17.8 Å². The lowest BCUT2D eigenvalue weighted by Crippen LogP contribution is -2.42. The summed E-state index contributed by atoms with van der Waals surface area (Å²) in [5.41, 5.74) is -0.609. The van der Waals surface area contributed by atoms with E-state index in [1.54, 1.807) is 33.3 Å². The van der Waals surface area contributed by atoms with Crippen LogP contribution in [-0.2, 0) is 33.3 Å². The molecule has 9 heteroatoms. The van der Waals surface area contributed by atoms with Crippen molar-refractivity contribution in [3.8, 4) is 0 Å². The van der Waals surface area contributed by atoms with Gasteiger partial charge in [0.05, 0.1) is 30.8 Å². The van der Waals surface area contributed by atoms with Crippen LogP contribution in [0.4, 0.5) is 0 Å². The molecule has 41 heavy (non-hydrogen) atoms. The number of aliphatic hydroxyl groups excluding tert-OH is 1. The lowest BCUT2D eigenvalue weighted by Gasteiger charge is -2.32. The first-order valence-corrected chi connectivity index (χ1v) is 14.8. The van der Waals surface area contributed by atoms with Crippen molar-refractivity contribution in [3.05, 3.63) is 36.0 Å². The van der Waals surface area contributed by atoms with E-state index in [2.05, 4.69) is 20.8 Å². The Morgan fingerprint density at radius 2 is 1.88 bits per heavy atom. The summed E-state index contributed by atoms with van der Waals surface area (Å²) in [5.74, 6) is -1.01. The zero-order chi connectivity index (χ0) is 30.9. The van der Waals surface area contributed by atoms with Gasteiger partial charge in [-0.05, 0) is 44.8 Å². The zero-order valence-electron chi connectivity index (χ0n) is 26.2. The summed E-state index contributed by atoms with van der Waals surface area (Å²) >= 11 is 0. The summed E-state index contributed by atoms with van der Waals surface area (Å²) in [6.07, 6.45) is 7.91. The summed E-state index contributed by atoms with van der Waals surface area (Å²) in [4.78, 5) is 24.4. The first-order chi connectivity index (χ1) is 19.2. The lowest BCUT2D eigenvalue weighted by atomic mass is 9.88. The minimum atomic E-state index is -1.41. The number of epoxide rings is 1. The number of ether oxygens (including phenoxy) is 5. The molecule has 11 atom stereocenters. The molecular formula is C32H52O9. The molecule has 2 rings (SSSR count). The number of allylic oxidation sites excluding steroid dienone is 2. The van der Waals surface area contributed by atoms with Crippen LogP contribution in [0.2, 0.25) is 0 Å². The average molecular weight is 581 g/mol. The molecule has 1 fully saturated rings. The summed E-state index contributed by atoms with van der Waals surface area (Å²) in [6.45, 7) is 12.9. The van der Waals surface area contributed by atoms with E-state index in [4.69, 9.17) is 23.7 Å². The van der Waals surface area contributed by atoms with Crippen LogP contribution in [0.1, 0.15) is 74.1 Å². The molecule has 2 N–H and O–H groups in total. The summed E-state index contributed by atoms with van der Waals surface area (Å²) in [6, 6.07) is 0. The van der Waals surface area contributed by atoms with Crippen LogP contribution in [-0.4, -0.2) is 84.7 Å². The van der Waals surface area contributed by atoms with Crippen molar-refractivity contribution in [2.24, 2.45) is 17.8 Å². The minimum absolute atomic E-state index is 0.00449. The maximum absolute atomic E-state index is 12.7. The summed E-state index contributed by atoms with van der Waals surface area (Å²) < 4.78 is 28.6. The molecular weight excluding hydrogens is 528 g/mol. The van der Waals surface area contributed by atoms with Crippen molar-refractivity contribution in [1.82, 2.24) is 0 Å². The highest BCUT2D eigenvalue weighted by atomic mass is 16.6. The van der Waals surface area contributed by atoms with Gasteiger partial charge in [-0.3, -0.25) is 9.59 Å². The Kier molecular flexibility index (Phi) is 13.7. The molecule has 0 radical (unpaired) electrons. The molecule has 0 spiro atoms. The minimum Gasteiger partial charge on any atom is -0.457 e. The number of rotatable bonds is 11. The van der Waals surface area contributed by atoms with Gasteiger partial charge >= 0.3 is 11.9 Å². The number of aliphatic hydroxyl groups is 2. The third-order valence-electron chi connectivity index (χ3n) is 8.33. The predicted molar refractivity (Wildman–Crippen MR) is 156 cm³/mol. The summed E-state index contributed by atoms with van der Waals surface area (Å²) in [7, 11) is 3.43. The van der Waals surface area contributed by atoms with E-state index in [1.165, 1.54) is 6.92 Å². The molecule has 0 aromatic rings. The molecule has 2 heterocycles. The van der Waals surface area contributed by atoms with E-state index in [-0.39, 0.29) is 61.4 Å². The van der Waals surface area contributed by atoms with Crippen molar-refractivity contribution < 1.29 is 43.5 Å². The van der Waals surface area contributed by atoms with Crippen LogP contribution in [0.25, 0.3) is 0 Å². The maximum Gasteiger partial charge on any atom is 0.309 e. The monoisotopic (exact) mass is 580 g/mol. The first kappa shape index (κ1) is 35.2. The molecule has 0 aliphatic carbocycles. The van der Waals surface area contributed by atoms with Crippen molar-refractivity contribution in [2.75, 3.05) is 14.2 Å². The van der Waals surface area contributed by atoms with E-state index in [1.807, 2.05) is 32.1 Å². The van der Waals surface area contributed by atoms with Crippen molar-refractivity contribution in [2.45, 2.75) is 122 Å². The Bertz CT molecular complexity index is 935. The maximum atomic E-state index is 12.7. The molecule has 234 valence electrons. The molecule has 2 aliphatic heterocycles. The normalized spacial score (nSPS) is 35.4. The Morgan fingerprint density at radius 3 is 2.46 bits per heavy atom. The van der Waals surface area contributed by atoms with Crippen molar-refractivity contribution in [1.29, 1.82) is 0 Å². The predicted octanol–water partition coefficient (Wildman–Crippen LogP) is 4.30. The molecule has 0 aromatic carbocycles. The van der Waals surface area contributed by atoms with E-state index < -0.39 is 35.9 Å². The van der Waals surface area contributed by atoms with Crippen molar-refractivity contribution in [3.63, 3.8) is 0 Å². The molecule has 0 bridgehead atoms. The summed E-state index contributed by atoms with van der Waals surface area (Å²) in [5, 5.41) is 21.4. The standard InChI is InChI=1S/C32H52O9/c1-10-25(37-8)22(5)30-31(41-30)29(38-9)20(3)13-11-12-19(2)28-21(4)14-15-26(39-23(6)33)32(7,36)17-16-24(34)18-27(35)40-28/h11-15,20-22,24-26,28-31,34,36H,10,16-18H2,1-9H3/b13-11+,15-14+,19-12+/t20-,21+,22-,24-,25+,26+,28-,29-,30-,31-,32-/m1/s1. The fourth-order valence-corrected chi connectivity index (χ4v) is 5.65. The van der Waals surface area contributed by atoms with Gasteiger partial charge in [0.1, 0.15) is 23.9 Å². The number of methoxy groups -OCH3 is 2. The van der Waals surface area contributed by atoms with Crippen LogP contribution in [0.5, 0.6) is 0 Å². The van der Waals surface area contributed by atoms with E-state index in [9.17, 15) is 19.8 Å². The second-order valence-electron chi connectivity index (χ2n) is 11.9. The van der Waals surface area contributed by atoms with Gasteiger partial charge in [0, 0.05) is 38.9 Å². The first-order valence-electron chi connectivity index (χ1n) is 14.8. The van der Waals surface area contributed by atoms with Gasteiger partial charge in [-0.15, -0.1) is 0 Å². The number of hydrogen-bond donors (Lipinski definition) is 2. The van der Waals surface area contributed by atoms with Crippen LogP contribution < -0.4 is 0 Å². The topological polar surface area (TPSA) is 124 Å². The highest BCUT2D eigenvalue weighted by molar-refractivity contribution is 5.70. The molecule has 0 amide bonds. The molecule has 9 nitrogen and oxygen atoms in total. The van der Waals surface area contributed by atoms with E-state index in [0.717, 1.165) is 12.0 Å². The largest absolute Gasteiger partial charge is 0.457 e. The molecule has 0 saturated carbocycles. The second kappa shape index (κ2) is 16.0. The van der Waals surface area contributed by atoms with Gasteiger partial charge in [-0.25, -0.2) is 0 Å². The molecule has 0 aromatic heterocycles. The van der Waals surface area contributed by atoms with Crippen LogP contribution in [0.15, 0.2) is 36.0 Å². The van der Waals surface area contributed by atoms with Crippen molar-refractivity contribution >= 4 is 11.9 Å². The van der Waals surface area contributed by atoms with Gasteiger partial charge in [0.15, 0.2) is 0 Å². The third kappa shape index (κ3) is 10.3. The Morgan fingerprint density at radius 1 is 1.20 bits per heavy atom. The van der Waals surface area contributed by atoms with Gasteiger partial charge in [-0.1, -0.05) is 52.0 Å². The van der Waals surface area contributed by atoms with Crippen LogP contribution >= 0.6 is 0 Å². The number of carbonyl (C=O) groups excluding carboxylic acids is 2. The quantitative estimate of drug-likeness (QED) is 0.159. The Balaban J connectivity index is 2.20. The smallest absolute Gasteiger partial charge is 0.309 e. The Labute approximate surface area is 245 Å². The number of hydrogen-bond acceptors (Lipinski definition) is 9. The van der Waals surface area contributed by atoms with Crippen LogP contribution in [0.3, 0.4) is 0 Å². The average Bonchev–Trinajstić information content (AvgIpc) is 3.69. The zero-order valence-corrected chi connectivity index (χ0v) is 26.2. The highest BCUT2D eigenvalue weighted by Gasteiger charge is 2.51. The molecule has 1 saturated heterocycles.